The first-order valence-corrected chi connectivity index (χ1v) is 7.67. The first-order valence-electron chi connectivity index (χ1n) is 6.88. The predicted octanol–water partition coefficient (Wildman–Crippen LogP) is 5.48. The van der Waals surface area contributed by atoms with E-state index in [1.807, 2.05) is 42.5 Å². The van der Waals surface area contributed by atoms with Gasteiger partial charge in [-0.1, -0.05) is 52.3 Å². The highest BCUT2D eigenvalue weighted by Gasteiger charge is 2.09. The Morgan fingerprint density at radius 1 is 0.952 bits per heavy atom. The zero-order valence-corrected chi connectivity index (χ0v) is 13.3. The second kappa shape index (κ2) is 5.78. The van der Waals surface area contributed by atoms with Crippen molar-refractivity contribution >= 4 is 32.4 Å². The van der Waals surface area contributed by atoms with Crippen molar-refractivity contribution in [2.24, 2.45) is 0 Å². The number of rotatable bonds is 3. The van der Waals surface area contributed by atoms with Gasteiger partial charge < -0.3 is 10.4 Å². The molecule has 2 nitrogen and oxygen atoms in total. The van der Waals surface area contributed by atoms with Crippen molar-refractivity contribution in [1.82, 2.24) is 0 Å². The Bertz CT molecular complexity index is 785. The summed E-state index contributed by atoms with van der Waals surface area (Å²) in [5, 5.41) is 15.4. The van der Waals surface area contributed by atoms with Crippen LogP contribution in [0.2, 0.25) is 0 Å². The smallest absolute Gasteiger partial charge is 0.123 e. The van der Waals surface area contributed by atoms with Crippen LogP contribution in [0, 0.1) is 0 Å². The Hall–Kier alpha value is -2.00. The van der Waals surface area contributed by atoms with Crippen molar-refractivity contribution in [2.75, 3.05) is 5.32 Å². The molecule has 0 aliphatic carbocycles. The van der Waals surface area contributed by atoms with E-state index < -0.39 is 0 Å². The largest absolute Gasteiger partial charge is 0.507 e. The Kier molecular flexibility index (Phi) is 3.84. The Labute approximate surface area is 132 Å². The van der Waals surface area contributed by atoms with Crippen LogP contribution in [0.25, 0.3) is 10.8 Å². The molecule has 0 aliphatic rings. The van der Waals surface area contributed by atoms with Gasteiger partial charge in [0.2, 0.25) is 0 Å². The van der Waals surface area contributed by atoms with E-state index in [-0.39, 0.29) is 6.04 Å². The van der Waals surface area contributed by atoms with Crippen molar-refractivity contribution in [3.63, 3.8) is 0 Å². The topological polar surface area (TPSA) is 32.3 Å². The van der Waals surface area contributed by atoms with Gasteiger partial charge in [-0.2, -0.15) is 0 Å². The molecule has 21 heavy (non-hydrogen) atoms. The molecule has 0 aromatic heterocycles. The summed E-state index contributed by atoms with van der Waals surface area (Å²) in [6, 6.07) is 20.0. The molecule has 0 spiro atoms. The van der Waals surface area contributed by atoms with Gasteiger partial charge in [0.15, 0.2) is 0 Å². The summed E-state index contributed by atoms with van der Waals surface area (Å²) >= 11 is 3.50. The van der Waals surface area contributed by atoms with Crippen molar-refractivity contribution in [3.8, 4) is 5.75 Å². The third-order valence-electron chi connectivity index (χ3n) is 3.62. The van der Waals surface area contributed by atoms with Gasteiger partial charge in [-0.25, -0.2) is 0 Å². The number of fused-ring (bicyclic) bond motifs is 1. The van der Waals surface area contributed by atoms with Gasteiger partial charge in [0.1, 0.15) is 5.75 Å². The fourth-order valence-electron chi connectivity index (χ4n) is 2.51. The van der Waals surface area contributed by atoms with Crippen molar-refractivity contribution < 1.29 is 5.11 Å². The summed E-state index contributed by atoms with van der Waals surface area (Å²) in [5.41, 5.74) is 2.23. The molecule has 0 aliphatic heterocycles. The number of hydrogen-bond acceptors (Lipinski definition) is 2. The molecule has 0 bridgehead atoms. The summed E-state index contributed by atoms with van der Waals surface area (Å²) in [5.74, 6) is 0.311. The second-order valence-electron chi connectivity index (χ2n) is 5.10. The van der Waals surface area contributed by atoms with Gasteiger partial charge in [0.05, 0.1) is 0 Å². The number of nitrogens with one attached hydrogen (secondary N) is 1. The molecule has 3 aromatic carbocycles. The van der Waals surface area contributed by atoms with Crippen LogP contribution in [0.1, 0.15) is 18.5 Å². The molecule has 0 saturated carbocycles. The van der Waals surface area contributed by atoms with Crippen LogP contribution in [0.5, 0.6) is 5.75 Å². The van der Waals surface area contributed by atoms with Gasteiger partial charge in [-0.15, -0.1) is 0 Å². The van der Waals surface area contributed by atoms with Crippen molar-refractivity contribution in [2.45, 2.75) is 13.0 Å². The first-order chi connectivity index (χ1) is 10.1. The predicted molar refractivity (Wildman–Crippen MR) is 91.8 cm³/mol. The highest BCUT2D eigenvalue weighted by Crippen LogP contribution is 2.32. The third kappa shape index (κ3) is 2.88. The van der Waals surface area contributed by atoms with Crippen LogP contribution in [-0.2, 0) is 0 Å². The molecule has 0 radical (unpaired) electrons. The average Bonchev–Trinajstić information content (AvgIpc) is 2.48. The molecule has 0 fully saturated rings. The van der Waals surface area contributed by atoms with E-state index in [1.54, 1.807) is 6.07 Å². The molecule has 1 atom stereocenters. The molecule has 0 amide bonds. The molecule has 3 aromatic rings. The number of phenols is 1. The number of halogens is 1. The van der Waals surface area contributed by atoms with Crippen LogP contribution in [0.4, 0.5) is 5.69 Å². The zero-order valence-electron chi connectivity index (χ0n) is 11.7. The number of phenolic OH excluding ortho intramolecular Hbond substituents is 1. The Morgan fingerprint density at radius 3 is 2.48 bits per heavy atom. The van der Waals surface area contributed by atoms with E-state index in [2.05, 4.69) is 40.3 Å². The lowest BCUT2D eigenvalue weighted by Gasteiger charge is -2.18. The van der Waals surface area contributed by atoms with Crippen LogP contribution in [0.3, 0.4) is 0 Å². The quantitative estimate of drug-likeness (QED) is 0.660. The normalized spacial score (nSPS) is 12.3. The van der Waals surface area contributed by atoms with E-state index in [0.29, 0.717) is 5.75 Å². The molecular formula is C18H16BrNO. The van der Waals surface area contributed by atoms with E-state index in [0.717, 1.165) is 20.9 Å². The van der Waals surface area contributed by atoms with E-state index in [9.17, 15) is 5.11 Å². The average molecular weight is 342 g/mol. The van der Waals surface area contributed by atoms with Crippen molar-refractivity contribution in [3.05, 3.63) is 70.7 Å². The fourth-order valence-corrected chi connectivity index (χ4v) is 2.93. The number of benzene rings is 3. The Morgan fingerprint density at radius 2 is 1.67 bits per heavy atom. The zero-order chi connectivity index (χ0) is 14.8. The minimum atomic E-state index is 0.176. The number of anilines is 1. The number of hydrogen-bond donors (Lipinski definition) is 2. The summed E-state index contributed by atoms with van der Waals surface area (Å²) in [7, 11) is 0. The van der Waals surface area contributed by atoms with Crippen LogP contribution >= 0.6 is 15.9 Å². The lowest BCUT2D eigenvalue weighted by molar-refractivity contribution is 0.481. The highest BCUT2D eigenvalue weighted by molar-refractivity contribution is 9.10. The molecule has 1 unspecified atom stereocenters. The summed E-state index contributed by atoms with van der Waals surface area (Å²) in [4.78, 5) is 0. The molecule has 3 rings (SSSR count). The third-order valence-corrected chi connectivity index (χ3v) is 4.11. The molecule has 0 heterocycles. The van der Waals surface area contributed by atoms with Gasteiger partial charge in [0, 0.05) is 27.0 Å². The molecule has 3 heteroatoms. The lowest BCUT2D eigenvalue weighted by atomic mass is 10.1. The van der Waals surface area contributed by atoms with Crippen molar-refractivity contribution in [1.29, 1.82) is 0 Å². The monoisotopic (exact) mass is 341 g/mol. The summed E-state index contributed by atoms with van der Waals surface area (Å²) in [6.07, 6.45) is 0. The van der Waals surface area contributed by atoms with Crippen LogP contribution < -0.4 is 5.32 Å². The maximum atomic E-state index is 9.95. The van der Waals surface area contributed by atoms with Gasteiger partial charge in [-0.05, 0) is 36.8 Å². The van der Waals surface area contributed by atoms with Crippen LogP contribution in [0.15, 0.2) is 65.1 Å². The van der Waals surface area contributed by atoms with Gasteiger partial charge in [-0.3, -0.25) is 0 Å². The SMILES string of the molecule is CC(Nc1cccc2c(O)cccc12)c1cccc(Br)c1. The maximum absolute atomic E-state index is 9.95. The summed E-state index contributed by atoms with van der Waals surface area (Å²) in [6.45, 7) is 2.13. The summed E-state index contributed by atoms with van der Waals surface area (Å²) < 4.78 is 1.07. The molecule has 0 saturated heterocycles. The van der Waals surface area contributed by atoms with E-state index in [4.69, 9.17) is 0 Å². The maximum Gasteiger partial charge on any atom is 0.123 e. The molecule has 2 N–H and O–H groups in total. The molecule has 106 valence electrons. The minimum Gasteiger partial charge on any atom is -0.507 e. The Balaban J connectivity index is 1.97. The standard InChI is InChI=1S/C18H16BrNO/c1-12(13-5-2-6-14(19)11-13)20-17-9-3-8-16-15(17)7-4-10-18(16)21/h2-12,20-21H,1H3. The first kappa shape index (κ1) is 14.0. The fraction of sp³-hybridized carbons (Fsp3) is 0.111. The van der Waals surface area contributed by atoms with Crippen LogP contribution in [-0.4, -0.2) is 5.11 Å². The second-order valence-corrected chi connectivity index (χ2v) is 6.01. The number of aromatic hydroxyl groups is 1. The highest BCUT2D eigenvalue weighted by atomic mass is 79.9. The van der Waals surface area contributed by atoms with E-state index >= 15 is 0 Å². The van der Waals surface area contributed by atoms with Gasteiger partial charge >= 0.3 is 0 Å². The van der Waals surface area contributed by atoms with Gasteiger partial charge in [0.25, 0.3) is 0 Å². The lowest BCUT2D eigenvalue weighted by Crippen LogP contribution is -2.06. The minimum absolute atomic E-state index is 0.176. The molecular weight excluding hydrogens is 326 g/mol. The van der Waals surface area contributed by atoms with E-state index in [1.165, 1.54) is 5.56 Å².